The lowest BCUT2D eigenvalue weighted by atomic mass is 9.44. The standard InChI is InChI=1S/C20H31NO2/c1-19-11-9-16(22)18(21-3)15(19)5-4-12-13-6-7-17(23)20(13,2)10-8-14(12)19/h12-15,18,21H,4-11H2,1-3H3/t12-,13-,14+,15?,18?,19+,20-/m0/s1. The van der Waals surface area contributed by atoms with E-state index in [2.05, 4.69) is 19.2 Å². The van der Waals surface area contributed by atoms with Crippen molar-refractivity contribution in [2.24, 2.45) is 34.5 Å². The molecule has 0 aromatic carbocycles. The van der Waals surface area contributed by atoms with Crippen molar-refractivity contribution in [2.75, 3.05) is 7.05 Å². The van der Waals surface area contributed by atoms with Crippen molar-refractivity contribution in [2.45, 2.75) is 71.3 Å². The van der Waals surface area contributed by atoms with E-state index in [0.717, 1.165) is 38.5 Å². The number of hydrogen-bond donors (Lipinski definition) is 1. The van der Waals surface area contributed by atoms with Gasteiger partial charge in [0, 0.05) is 18.3 Å². The van der Waals surface area contributed by atoms with Gasteiger partial charge in [-0.1, -0.05) is 13.8 Å². The Kier molecular flexibility index (Phi) is 3.54. The molecule has 0 amide bonds. The van der Waals surface area contributed by atoms with Crippen molar-refractivity contribution in [1.82, 2.24) is 5.32 Å². The van der Waals surface area contributed by atoms with Crippen LogP contribution in [0.1, 0.15) is 65.2 Å². The Morgan fingerprint density at radius 3 is 2.43 bits per heavy atom. The van der Waals surface area contributed by atoms with Crippen molar-refractivity contribution in [3.63, 3.8) is 0 Å². The molecule has 4 rings (SSSR count). The number of fused-ring (bicyclic) bond motifs is 5. The molecule has 23 heavy (non-hydrogen) atoms. The van der Waals surface area contributed by atoms with Gasteiger partial charge in [-0.05, 0) is 74.7 Å². The van der Waals surface area contributed by atoms with Crippen LogP contribution in [0.5, 0.6) is 0 Å². The molecule has 3 nitrogen and oxygen atoms in total. The monoisotopic (exact) mass is 317 g/mol. The molecule has 0 bridgehead atoms. The summed E-state index contributed by atoms with van der Waals surface area (Å²) in [5.41, 5.74) is 0.259. The van der Waals surface area contributed by atoms with Crippen molar-refractivity contribution in [3.8, 4) is 0 Å². The Bertz CT molecular complexity index is 544. The van der Waals surface area contributed by atoms with Gasteiger partial charge in [0.25, 0.3) is 0 Å². The zero-order chi connectivity index (χ0) is 16.4. The number of Topliss-reactive ketones (excluding diaryl/α,β-unsaturated/α-hetero) is 2. The van der Waals surface area contributed by atoms with Gasteiger partial charge in [0.1, 0.15) is 11.6 Å². The lowest BCUT2D eigenvalue weighted by Crippen LogP contribution is -2.60. The molecule has 0 spiro atoms. The minimum Gasteiger partial charge on any atom is -0.310 e. The maximum absolute atomic E-state index is 12.5. The topological polar surface area (TPSA) is 46.2 Å². The van der Waals surface area contributed by atoms with Gasteiger partial charge in [-0.2, -0.15) is 0 Å². The van der Waals surface area contributed by atoms with Crippen LogP contribution in [0.3, 0.4) is 0 Å². The van der Waals surface area contributed by atoms with E-state index in [1.165, 1.54) is 12.8 Å². The number of hydrogen-bond acceptors (Lipinski definition) is 3. The van der Waals surface area contributed by atoms with Gasteiger partial charge in [0.05, 0.1) is 6.04 Å². The first-order chi connectivity index (χ1) is 10.9. The van der Waals surface area contributed by atoms with Gasteiger partial charge < -0.3 is 5.32 Å². The summed E-state index contributed by atoms with van der Waals surface area (Å²) >= 11 is 0. The Balaban J connectivity index is 1.66. The summed E-state index contributed by atoms with van der Waals surface area (Å²) in [4.78, 5) is 24.8. The summed E-state index contributed by atoms with van der Waals surface area (Å²) in [5, 5.41) is 3.33. The Labute approximate surface area is 140 Å². The van der Waals surface area contributed by atoms with E-state index in [1.54, 1.807) is 0 Å². The van der Waals surface area contributed by atoms with Crippen LogP contribution >= 0.6 is 0 Å². The van der Waals surface area contributed by atoms with Gasteiger partial charge >= 0.3 is 0 Å². The van der Waals surface area contributed by atoms with E-state index in [-0.39, 0.29) is 16.9 Å². The maximum atomic E-state index is 12.5. The molecule has 3 heteroatoms. The second-order valence-corrected chi connectivity index (χ2v) is 9.22. The van der Waals surface area contributed by atoms with Crippen LogP contribution in [0.4, 0.5) is 0 Å². The van der Waals surface area contributed by atoms with Crippen LogP contribution in [0, 0.1) is 34.5 Å². The second kappa shape index (κ2) is 5.15. The molecule has 0 saturated heterocycles. The third-order valence-electron chi connectivity index (χ3n) is 8.62. The highest BCUT2D eigenvalue weighted by atomic mass is 16.1. The lowest BCUT2D eigenvalue weighted by molar-refractivity contribution is -0.148. The number of carbonyl (C=O) groups excluding carboxylic acids is 2. The zero-order valence-electron chi connectivity index (χ0n) is 14.9. The summed E-state index contributed by atoms with van der Waals surface area (Å²) < 4.78 is 0. The minimum atomic E-state index is -0.0305. The van der Waals surface area contributed by atoms with Gasteiger partial charge in [0.2, 0.25) is 0 Å². The first-order valence-corrected chi connectivity index (χ1v) is 9.65. The van der Waals surface area contributed by atoms with Crippen molar-refractivity contribution in [1.29, 1.82) is 0 Å². The molecule has 0 radical (unpaired) electrons. The highest BCUT2D eigenvalue weighted by Crippen LogP contribution is 2.65. The van der Waals surface area contributed by atoms with Crippen LogP contribution in [-0.2, 0) is 9.59 Å². The predicted molar refractivity (Wildman–Crippen MR) is 90.0 cm³/mol. The number of likely N-dealkylation sites (N-methyl/N-ethyl adjacent to an activating group) is 1. The first-order valence-electron chi connectivity index (χ1n) is 9.65. The van der Waals surface area contributed by atoms with Crippen LogP contribution in [0.15, 0.2) is 0 Å². The van der Waals surface area contributed by atoms with Gasteiger partial charge in [-0.25, -0.2) is 0 Å². The van der Waals surface area contributed by atoms with E-state index in [4.69, 9.17) is 0 Å². The first kappa shape index (κ1) is 15.8. The summed E-state index contributed by atoms with van der Waals surface area (Å²) in [7, 11) is 1.95. The van der Waals surface area contributed by atoms with Crippen LogP contribution in [0.2, 0.25) is 0 Å². The second-order valence-electron chi connectivity index (χ2n) is 9.22. The third kappa shape index (κ3) is 1.98. The SMILES string of the molecule is CNC1C(=O)CC[C@@]2(C)C1CC[C@@H]1[C@H]2CC[C@]2(C)C(=O)CC[C@@H]12. The van der Waals surface area contributed by atoms with E-state index >= 15 is 0 Å². The largest absolute Gasteiger partial charge is 0.310 e. The van der Waals surface area contributed by atoms with Crippen LogP contribution in [0.25, 0.3) is 0 Å². The maximum Gasteiger partial charge on any atom is 0.150 e. The highest BCUT2D eigenvalue weighted by Gasteiger charge is 2.61. The van der Waals surface area contributed by atoms with Gasteiger partial charge in [-0.3, -0.25) is 9.59 Å². The molecular formula is C20H31NO2. The summed E-state index contributed by atoms with van der Waals surface area (Å²) in [6, 6.07) is 0.0632. The molecule has 128 valence electrons. The zero-order valence-corrected chi connectivity index (χ0v) is 14.9. The molecule has 0 aromatic rings. The average molecular weight is 317 g/mol. The van der Waals surface area contributed by atoms with Gasteiger partial charge in [-0.15, -0.1) is 0 Å². The highest BCUT2D eigenvalue weighted by molar-refractivity contribution is 5.87. The molecule has 0 heterocycles. The van der Waals surface area contributed by atoms with E-state index < -0.39 is 0 Å². The molecular weight excluding hydrogens is 286 g/mol. The number of carbonyl (C=O) groups is 2. The lowest BCUT2D eigenvalue weighted by Gasteiger charge is -2.60. The fourth-order valence-corrected chi connectivity index (χ4v) is 7.31. The van der Waals surface area contributed by atoms with Crippen molar-refractivity contribution < 1.29 is 9.59 Å². The van der Waals surface area contributed by atoms with Crippen LogP contribution < -0.4 is 5.32 Å². The van der Waals surface area contributed by atoms with Crippen LogP contribution in [-0.4, -0.2) is 24.7 Å². The number of nitrogens with one attached hydrogen (secondary N) is 1. The van der Waals surface area contributed by atoms with E-state index in [1.807, 2.05) is 7.05 Å². The molecule has 2 unspecified atom stereocenters. The molecule has 7 atom stereocenters. The third-order valence-corrected chi connectivity index (χ3v) is 8.62. The molecule has 4 aliphatic rings. The summed E-state index contributed by atoms with van der Waals surface area (Å²) in [6.45, 7) is 4.71. The fourth-order valence-electron chi connectivity index (χ4n) is 7.31. The normalized spacial score (nSPS) is 52.7. The molecule has 4 aliphatic carbocycles. The Hall–Kier alpha value is -0.700. The quantitative estimate of drug-likeness (QED) is 0.806. The number of ketones is 2. The molecule has 0 aliphatic heterocycles. The van der Waals surface area contributed by atoms with E-state index in [9.17, 15) is 9.59 Å². The molecule has 0 aromatic heterocycles. The Morgan fingerprint density at radius 2 is 1.70 bits per heavy atom. The minimum absolute atomic E-state index is 0.0305. The van der Waals surface area contributed by atoms with Crippen molar-refractivity contribution in [3.05, 3.63) is 0 Å². The molecule has 1 N–H and O–H groups in total. The predicted octanol–water partition coefficient (Wildman–Crippen LogP) is 3.37. The fraction of sp³-hybridized carbons (Fsp3) is 0.900. The smallest absolute Gasteiger partial charge is 0.150 e. The van der Waals surface area contributed by atoms with E-state index in [0.29, 0.717) is 35.2 Å². The summed E-state index contributed by atoms with van der Waals surface area (Å²) in [5.74, 6) is 3.49. The van der Waals surface area contributed by atoms with Crippen molar-refractivity contribution >= 4 is 11.6 Å². The average Bonchev–Trinajstić information content (AvgIpc) is 2.83. The molecule has 4 saturated carbocycles. The summed E-state index contributed by atoms with van der Waals surface area (Å²) in [6.07, 6.45) is 8.39. The van der Waals surface area contributed by atoms with Gasteiger partial charge in [0.15, 0.2) is 0 Å². The Morgan fingerprint density at radius 1 is 0.913 bits per heavy atom. The molecule has 4 fully saturated rings. The number of rotatable bonds is 1.